The fourth-order valence-electron chi connectivity index (χ4n) is 2.73. The Labute approximate surface area is 198 Å². The van der Waals surface area contributed by atoms with Gasteiger partial charge in [0.2, 0.25) is 17.7 Å². The lowest BCUT2D eigenvalue weighted by Gasteiger charge is -2.24. The third kappa shape index (κ3) is 13.7. The molecule has 3 amide bonds. The number of nitrogens with two attached hydrogens (primary N) is 5. The van der Waals surface area contributed by atoms with E-state index in [2.05, 4.69) is 25.9 Å². The van der Waals surface area contributed by atoms with Crippen LogP contribution in [0, 0.1) is 5.92 Å². The molecule has 0 heterocycles. The molecule has 0 aromatic heterocycles. The Balaban J connectivity index is 4.72. The number of nitrogens with one attached hydrogen (secondary N) is 3. The first-order valence-corrected chi connectivity index (χ1v) is 10.8. The van der Waals surface area contributed by atoms with Crippen molar-refractivity contribution in [2.45, 2.75) is 57.7 Å². The highest BCUT2D eigenvalue weighted by Gasteiger charge is 2.28. The predicted octanol–water partition coefficient (Wildman–Crippen LogP) is -3.75. The molecule has 0 aliphatic heterocycles. The van der Waals surface area contributed by atoms with Crippen LogP contribution < -0.4 is 44.6 Å². The maximum atomic E-state index is 12.6. The van der Waals surface area contributed by atoms with Crippen molar-refractivity contribution in [3.8, 4) is 0 Å². The summed E-state index contributed by atoms with van der Waals surface area (Å²) in [4.78, 5) is 56.0. The number of carboxylic acids is 1. The number of rotatable bonds is 16. The Hall–Kier alpha value is -3.62. The summed E-state index contributed by atoms with van der Waals surface area (Å²) in [5, 5.41) is 16.7. The minimum Gasteiger partial charge on any atom is -0.480 e. The molecule has 0 rings (SSSR count). The van der Waals surface area contributed by atoms with E-state index in [0.29, 0.717) is 25.8 Å². The van der Waals surface area contributed by atoms with E-state index in [1.54, 1.807) is 13.8 Å². The molecule has 15 heteroatoms. The first kappa shape index (κ1) is 30.4. The van der Waals surface area contributed by atoms with Crippen molar-refractivity contribution in [3.63, 3.8) is 0 Å². The van der Waals surface area contributed by atoms with Gasteiger partial charge in [0.1, 0.15) is 12.1 Å². The van der Waals surface area contributed by atoms with E-state index in [9.17, 15) is 24.3 Å². The molecule has 0 spiro atoms. The molecule has 0 aliphatic rings. The van der Waals surface area contributed by atoms with Crippen LogP contribution in [0.15, 0.2) is 9.98 Å². The molecule has 0 radical (unpaired) electrons. The molecule has 0 saturated carbocycles. The molecule has 3 atom stereocenters. The number of carbonyl (C=O) groups excluding carboxylic acids is 3. The lowest BCUT2D eigenvalue weighted by atomic mass is 10.0. The highest BCUT2D eigenvalue weighted by molar-refractivity contribution is 5.92. The number of aliphatic imine (C=N–C) groups is 2. The average Bonchev–Trinajstić information content (AvgIpc) is 2.74. The van der Waals surface area contributed by atoms with E-state index < -0.39 is 48.4 Å². The minimum absolute atomic E-state index is 0.0564. The van der Waals surface area contributed by atoms with Gasteiger partial charge < -0.3 is 49.7 Å². The van der Waals surface area contributed by atoms with Gasteiger partial charge in [-0.3, -0.25) is 24.4 Å². The number of aliphatic carboxylic acids is 1. The molecule has 0 aromatic carbocycles. The third-order valence-corrected chi connectivity index (χ3v) is 4.55. The standard InChI is InChI=1S/C19H38N10O5/c1-10(2)14(16(32)28-12(17(33)34)6-4-8-26-19(23)24)29-13(30)9-27-15(31)11(20)5-3-7-25-18(21)22/h10-12,14H,3-9,20H2,1-2H3,(H,27,31)(H,28,32)(H,29,30)(H,33,34)(H4,21,22,25)(H4,23,24,26). The zero-order valence-corrected chi connectivity index (χ0v) is 19.6. The van der Waals surface area contributed by atoms with Crippen LogP contribution in [0.4, 0.5) is 0 Å². The summed E-state index contributed by atoms with van der Waals surface area (Å²) in [6, 6.07) is -3.06. The van der Waals surface area contributed by atoms with Gasteiger partial charge in [-0.15, -0.1) is 0 Å². The fraction of sp³-hybridized carbons (Fsp3) is 0.684. The number of amides is 3. The van der Waals surface area contributed by atoms with Gasteiger partial charge in [0.05, 0.1) is 12.6 Å². The van der Waals surface area contributed by atoms with Gasteiger partial charge in [-0.1, -0.05) is 13.8 Å². The van der Waals surface area contributed by atoms with E-state index in [0.717, 1.165) is 0 Å². The molecule has 15 nitrogen and oxygen atoms in total. The Morgan fingerprint density at radius 3 is 1.85 bits per heavy atom. The van der Waals surface area contributed by atoms with Crippen molar-refractivity contribution in [3.05, 3.63) is 0 Å². The van der Waals surface area contributed by atoms with Gasteiger partial charge in [-0.2, -0.15) is 0 Å². The van der Waals surface area contributed by atoms with Crippen molar-refractivity contribution in [1.29, 1.82) is 0 Å². The second-order valence-corrected chi connectivity index (χ2v) is 7.91. The average molecular weight is 487 g/mol. The molecule has 0 aliphatic carbocycles. The molecule has 14 N–H and O–H groups in total. The highest BCUT2D eigenvalue weighted by Crippen LogP contribution is 2.05. The molecule has 0 aromatic rings. The number of nitrogens with zero attached hydrogens (tertiary/aromatic N) is 2. The Morgan fingerprint density at radius 2 is 1.38 bits per heavy atom. The van der Waals surface area contributed by atoms with E-state index in [4.69, 9.17) is 28.7 Å². The Morgan fingerprint density at radius 1 is 0.853 bits per heavy atom. The molecule has 0 saturated heterocycles. The van der Waals surface area contributed by atoms with E-state index in [1.807, 2.05) is 0 Å². The van der Waals surface area contributed by atoms with Crippen LogP contribution in [0.2, 0.25) is 0 Å². The monoisotopic (exact) mass is 486 g/mol. The maximum Gasteiger partial charge on any atom is 0.326 e. The van der Waals surface area contributed by atoms with Gasteiger partial charge in [0, 0.05) is 13.1 Å². The lowest BCUT2D eigenvalue weighted by molar-refractivity contribution is -0.142. The first-order chi connectivity index (χ1) is 15.8. The summed E-state index contributed by atoms with van der Waals surface area (Å²) in [7, 11) is 0. The van der Waals surface area contributed by atoms with Crippen LogP contribution in [0.3, 0.4) is 0 Å². The van der Waals surface area contributed by atoms with Crippen molar-refractivity contribution in [2.24, 2.45) is 44.6 Å². The van der Waals surface area contributed by atoms with Crippen molar-refractivity contribution >= 4 is 35.6 Å². The lowest BCUT2D eigenvalue weighted by Crippen LogP contribution is -2.55. The SMILES string of the molecule is CC(C)C(NC(=O)CNC(=O)C(N)CCCN=C(N)N)C(=O)NC(CCCN=C(N)N)C(=O)O. The van der Waals surface area contributed by atoms with Crippen LogP contribution in [0.1, 0.15) is 39.5 Å². The molecule has 0 bridgehead atoms. The number of carbonyl (C=O) groups is 4. The second-order valence-electron chi connectivity index (χ2n) is 7.91. The minimum atomic E-state index is -1.23. The summed E-state index contributed by atoms with van der Waals surface area (Å²) in [6.07, 6.45) is 1.20. The van der Waals surface area contributed by atoms with Crippen LogP contribution in [0.25, 0.3) is 0 Å². The third-order valence-electron chi connectivity index (χ3n) is 4.55. The largest absolute Gasteiger partial charge is 0.480 e. The summed E-state index contributed by atoms with van der Waals surface area (Å²) in [5.74, 6) is -3.59. The summed E-state index contributed by atoms with van der Waals surface area (Å²) >= 11 is 0. The zero-order valence-electron chi connectivity index (χ0n) is 19.6. The Bertz CT molecular complexity index is 748. The van der Waals surface area contributed by atoms with Crippen molar-refractivity contribution in [1.82, 2.24) is 16.0 Å². The zero-order chi connectivity index (χ0) is 26.3. The molecule has 194 valence electrons. The van der Waals surface area contributed by atoms with Crippen LogP contribution >= 0.6 is 0 Å². The first-order valence-electron chi connectivity index (χ1n) is 10.8. The van der Waals surface area contributed by atoms with Gasteiger partial charge in [-0.05, 0) is 31.6 Å². The molecular weight excluding hydrogens is 448 g/mol. The summed E-state index contributed by atoms with van der Waals surface area (Å²) in [6.45, 7) is 3.50. The molecule has 34 heavy (non-hydrogen) atoms. The number of carboxylic acid groups (broad SMARTS) is 1. The highest BCUT2D eigenvalue weighted by atomic mass is 16.4. The number of hydrogen-bond acceptors (Lipinski definition) is 7. The normalized spacial score (nSPS) is 13.2. The number of guanidine groups is 2. The van der Waals surface area contributed by atoms with E-state index >= 15 is 0 Å². The van der Waals surface area contributed by atoms with Crippen LogP contribution in [-0.2, 0) is 19.2 Å². The quantitative estimate of drug-likeness (QED) is 0.0583. The van der Waals surface area contributed by atoms with Crippen molar-refractivity contribution in [2.75, 3.05) is 19.6 Å². The van der Waals surface area contributed by atoms with Crippen molar-refractivity contribution < 1.29 is 24.3 Å². The van der Waals surface area contributed by atoms with Gasteiger partial charge in [0.25, 0.3) is 0 Å². The molecule has 3 unspecified atom stereocenters. The fourth-order valence-corrected chi connectivity index (χ4v) is 2.73. The van der Waals surface area contributed by atoms with Gasteiger partial charge in [0.15, 0.2) is 11.9 Å². The van der Waals surface area contributed by atoms with Gasteiger partial charge in [-0.25, -0.2) is 4.79 Å². The second kappa shape index (κ2) is 16.1. The smallest absolute Gasteiger partial charge is 0.326 e. The Kier molecular flexibility index (Phi) is 14.4. The molecular formula is C19H38N10O5. The van der Waals surface area contributed by atoms with Crippen LogP contribution in [-0.4, -0.2) is 78.5 Å². The number of hydrogen-bond donors (Lipinski definition) is 9. The molecule has 0 fully saturated rings. The topological polar surface area (TPSA) is 279 Å². The van der Waals surface area contributed by atoms with Gasteiger partial charge >= 0.3 is 5.97 Å². The predicted molar refractivity (Wildman–Crippen MR) is 127 cm³/mol. The van der Waals surface area contributed by atoms with E-state index in [-0.39, 0.29) is 30.8 Å². The van der Waals surface area contributed by atoms with E-state index in [1.165, 1.54) is 0 Å². The maximum absolute atomic E-state index is 12.6. The summed E-state index contributed by atoms with van der Waals surface area (Å²) in [5.41, 5.74) is 26.6. The van der Waals surface area contributed by atoms with Crippen LogP contribution in [0.5, 0.6) is 0 Å². The summed E-state index contributed by atoms with van der Waals surface area (Å²) < 4.78 is 0.